The molecule has 0 aliphatic rings. The predicted octanol–water partition coefficient (Wildman–Crippen LogP) is 2.14. The third-order valence-electron chi connectivity index (χ3n) is 1.93. The van der Waals surface area contributed by atoms with Crippen molar-refractivity contribution in [3.63, 3.8) is 0 Å². The molecule has 0 radical (unpaired) electrons. The van der Waals surface area contributed by atoms with Crippen LogP contribution in [-0.2, 0) is 28.4 Å². The van der Waals surface area contributed by atoms with E-state index in [1.165, 1.54) is 0 Å². The van der Waals surface area contributed by atoms with Crippen molar-refractivity contribution in [2.45, 2.75) is 39.9 Å². The monoisotopic (exact) mass is 322 g/mol. The van der Waals surface area contributed by atoms with Gasteiger partial charge in [0.05, 0.1) is 38.6 Å². The van der Waals surface area contributed by atoms with Crippen molar-refractivity contribution in [1.29, 1.82) is 0 Å². The second-order valence-electron chi connectivity index (χ2n) is 4.75. The molecule has 0 fully saturated rings. The van der Waals surface area contributed by atoms with Crippen LogP contribution in [0.5, 0.6) is 0 Å². The van der Waals surface area contributed by atoms with Gasteiger partial charge < -0.3 is 28.4 Å². The highest BCUT2D eigenvalue weighted by Gasteiger charge is 2.06. The van der Waals surface area contributed by atoms with Gasteiger partial charge in [0.1, 0.15) is 13.2 Å². The van der Waals surface area contributed by atoms with E-state index < -0.39 is 12.3 Å². The zero-order valence-electron chi connectivity index (χ0n) is 13.7. The molecule has 0 heterocycles. The standard InChI is InChI=1S/C14H26O8/c1-11(2)21-13(15)19-9-7-17-5-6-18-8-10-20-14(16)22-12(3)4/h11-12H,5-10H2,1-4H3. The van der Waals surface area contributed by atoms with Crippen molar-refractivity contribution in [2.24, 2.45) is 0 Å². The Bertz CT molecular complexity index is 273. The summed E-state index contributed by atoms with van der Waals surface area (Å²) in [6.45, 7) is 8.40. The highest BCUT2D eigenvalue weighted by atomic mass is 16.7. The second kappa shape index (κ2) is 13.1. The molecular formula is C14H26O8. The number of rotatable bonds is 11. The lowest BCUT2D eigenvalue weighted by Gasteiger charge is -2.10. The van der Waals surface area contributed by atoms with E-state index in [0.717, 1.165) is 0 Å². The fourth-order valence-electron chi connectivity index (χ4n) is 1.14. The SMILES string of the molecule is CC(C)OC(=O)OCCOCCOCCOC(=O)OC(C)C. The van der Waals surface area contributed by atoms with Crippen LogP contribution in [0.1, 0.15) is 27.7 Å². The van der Waals surface area contributed by atoms with Crippen molar-refractivity contribution >= 4 is 12.3 Å². The molecule has 0 atom stereocenters. The molecule has 8 heteroatoms. The Morgan fingerprint density at radius 2 is 0.955 bits per heavy atom. The minimum atomic E-state index is -0.708. The van der Waals surface area contributed by atoms with Crippen molar-refractivity contribution in [3.05, 3.63) is 0 Å². The zero-order valence-corrected chi connectivity index (χ0v) is 13.7. The fraction of sp³-hybridized carbons (Fsp3) is 0.857. The van der Waals surface area contributed by atoms with Gasteiger partial charge in [0.2, 0.25) is 0 Å². The molecule has 0 bridgehead atoms. The van der Waals surface area contributed by atoms with Crippen LogP contribution in [0.4, 0.5) is 9.59 Å². The van der Waals surface area contributed by atoms with Crippen LogP contribution >= 0.6 is 0 Å². The molecule has 0 spiro atoms. The topological polar surface area (TPSA) is 89.5 Å². The van der Waals surface area contributed by atoms with Crippen molar-refractivity contribution in [1.82, 2.24) is 0 Å². The lowest BCUT2D eigenvalue weighted by atomic mass is 10.5. The molecule has 130 valence electrons. The number of hydrogen-bond acceptors (Lipinski definition) is 8. The highest BCUT2D eigenvalue weighted by molar-refractivity contribution is 5.60. The molecule has 0 aromatic heterocycles. The Hall–Kier alpha value is -1.54. The molecule has 0 amide bonds. The summed E-state index contributed by atoms with van der Waals surface area (Å²) < 4.78 is 29.4. The zero-order chi connectivity index (χ0) is 16.8. The lowest BCUT2D eigenvalue weighted by Crippen LogP contribution is -2.18. The van der Waals surface area contributed by atoms with E-state index >= 15 is 0 Å². The second-order valence-corrected chi connectivity index (χ2v) is 4.75. The van der Waals surface area contributed by atoms with Gasteiger partial charge in [-0.25, -0.2) is 9.59 Å². The number of hydrogen-bond donors (Lipinski definition) is 0. The van der Waals surface area contributed by atoms with Crippen LogP contribution in [0.3, 0.4) is 0 Å². The molecule has 0 aromatic rings. The summed E-state index contributed by atoms with van der Waals surface area (Å²) >= 11 is 0. The maximum Gasteiger partial charge on any atom is 0.508 e. The molecule has 8 nitrogen and oxygen atoms in total. The normalized spacial score (nSPS) is 10.6. The molecule has 0 saturated heterocycles. The molecule has 0 aromatic carbocycles. The van der Waals surface area contributed by atoms with Gasteiger partial charge in [-0.1, -0.05) is 0 Å². The lowest BCUT2D eigenvalue weighted by molar-refractivity contribution is -0.0118. The highest BCUT2D eigenvalue weighted by Crippen LogP contribution is 1.93. The van der Waals surface area contributed by atoms with E-state index in [4.69, 9.17) is 28.4 Å². The minimum Gasteiger partial charge on any atom is -0.432 e. The van der Waals surface area contributed by atoms with Crippen LogP contribution in [0.2, 0.25) is 0 Å². The van der Waals surface area contributed by atoms with E-state index in [1.807, 2.05) is 0 Å². The van der Waals surface area contributed by atoms with E-state index in [-0.39, 0.29) is 38.6 Å². The van der Waals surface area contributed by atoms with Crippen LogP contribution in [0, 0.1) is 0 Å². The van der Waals surface area contributed by atoms with Gasteiger partial charge in [0, 0.05) is 0 Å². The van der Waals surface area contributed by atoms with E-state index in [0.29, 0.717) is 13.2 Å². The summed E-state index contributed by atoms with van der Waals surface area (Å²) in [5.74, 6) is 0. The van der Waals surface area contributed by atoms with Gasteiger partial charge in [-0.15, -0.1) is 0 Å². The Balaban J connectivity index is 3.24. The summed E-state index contributed by atoms with van der Waals surface area (Å²) in [5.41, 5.74) is 0. The molecule has 22 heavy (non-hydrogen) atoms. The predicted molar refractivity (Wildman–Crippen MR) is 76.8 cm³/mol. The first-order valence-corrected chi connectivity index (χ1v) is 7.24. The smallest absolute Gasteiger partial charge is 0.432 e. The number of ether oxygens (including phenoxy) is 6. The number of carbonyl (C=O) groups is 2. The third-order valence-corrected chi connectivity index (χ3v) is 1.93. The van der Waals surface area contributed by atoms with Gasteiger partial charge in [-0.05, 0) is 27.7 Å². The third kappa shape index (κ3) is 14.9. The first-order chi connectivity index (χ1) is 10.4. The molecule has 0 saturated carbocycles. The quantitative estimate of drug-likeness (QED) is 0.422. The Labute approximate surface area is 130 Å². The average Bonchev–Trinajstić information content (AvgIpc) is 2.39. The van der Waals surface area contributed by atoms with E-state index in [1.54, 1.807) is 27.7 Å². The summed E-state index contributed by atoms with van der Waals surface area (Å²) in [4.78, 5) is 22.0. The average molecular weight is 322 g/mol. The summed E-state index contributed by atoms with van der Waals surface area (Å²) in [6.07, 6.45) is -1.83. The van der Waals surface area contributed by atoms with Gasteiger partial charge in [-0.2, -0.15) is 0 Å². The Morgan fingerprint density at radius 3 is 1.27 bits per heavy atom. The van der Waals surface area contributed by atoms with Crippen LogP contribution in [0.15, 0.2) is 0 Å². The number of carbonyl (C=O) groups excluding carboxylic acids is 2. The maximum absolute atomic E-state index is 11.0. The van der Waals surface area contributed by atoms with Gasteiger partial charge in [0.15, 0.2) is 0 Å². The van der Waals surface area contributed by atoms with Crippen molar-refractivity contribution < 1.29 is 38.0 Å². The molecule has 0 N–H and O–H groups in total. The molecule has 0 aliphatic carbocycles. The van der Waals surface area contributed by atoms with Crippen LogP contribution < -0.4 is 0 Å². The maximum atomic E-state index is 11.0. The largest absolute Gasteiger partial charge is 0.508 e. The molecule has 0 aliphatic heterocycles. The van der Waals surface area contributed by atoms with Crippen molar-refractivity contribution in [2.75, 3.05) is 39.6 Å². The fourth-order valence-corrected chi connectivity index (χ4v) is 1.14. The Morgan fingerprint density at radius 1 is 0.636 bits per heavy atom. The summed E-state index contributed by atoms with van der Waals surface area (Å²) in [7, 11) is 0. The van der Waals surface area contributed by atoms with Gasteiger partial charge in [-0.3, -0.25) is 0 Å². The van der Waals surface area contributed by atoms with Gasteiger partial charge >= 0.3 is 12.3 Å². The molecule has 0 unspecified atom stereocenters. The first kappa shape index (κ1) is 20.5. The van der Waals surface area contributed by atoms with Crippen molar-refractivity contribution in [3.8, 4) is 0 Å². The van der Waals surface area contributed by atoms with E-state index in [9.17, 15) is 9.59 Å². The summed E-state index contributed by atoms with van der Waals surface area (Å²) in [5, 5.41) is 0. The summed E-state index contributed by atoms with van der Waals surface area (Å²) in [6, 6.07) is 0. The molecule has 0 rings (SSSR count). The van der Waals surface area contributed by atoms with E-state index in [2.05, 4.69) is 0 Å². The van der Waals surface area contributed by atoms with Gasteiger partial charge in [0.25, 0.3) is 0 Å². The Kier molecular flexibility index (Phi) is 12.2. The van der Waals surface area contributed by atoms with Crippen LogP contribution in [-0.4, -0.2) is 64.2 Å². The first-order valence-electron chi connectivity index (χ1n) is 7.24. The van der Waals surface area contributed by atoms with Crippen LogP contribution in [0.25, 0.3) is 0 Å². The molecular weight excluding hydrogens is 296 g/mol. The minimum absolute atomic E-state index is 0.121.